The zero-order chi connectivity index (χ0) is 15.2. The largest absolute Gasteiger partial charge is 0.507 e. The molecule has 0 spiro atoms. The van der Waals surface area contributed by atoms with E-state index in [4.69, 9.17) is 12.2 Å². The summed E-state index contributed by atoms with van der Waals surface area (Å²) in [5, 5.41) is 10.2. The van der Waals surface area contributed by atoms with Crippen molar-refractivity contribution in [3.8, 4) is 5.75 Å². The Labute approximate surface area is 135 Å². The highest BCUT2D eigenvalue weighted by Gasteiger charge is 2.17. The smallest absolute Gasteiger partial charge is 0.129 e. The van der Waals surface area contributed by atoms with Gasteiger partial charge in [-0.25, -0.2) is 0 Å². The fourth-order valence-corrected chi connectivity index (χ4v) is 3.41. The molecule has 2 rings (SSSR count). The van der Waals surface area contributed by atoms with Crippen molar-refractivity contribution < 1.29 is 5.11 Å². The molecule has 0 saturated carbocycles. The number of phenolic OH excluding ortho intramolecular Hbond substituents is 1. The van der Waals surface area contributed by atoms with Crippen molar-refractivity contribution in [3.63, 3.8) is 0 Å². The summed E-state index contributed by atoms with van der Waals surface area (Å²) in [6, 6.07) is 17.7. The van der Waals surface area contributed by atoms with E-state index in [1.807, 2.05) is 55.4 Å². The molecule has 0 saturated heterocycles. The topological polar surface area (TPSA) is 23.5 Å². The molecule has 2 nitrogen and oxygen atoms in total. The second-order valence-electron chi connectivity index (χ2n) is 4.98. The summed E-state index contributed by atoms with van der Waals surface area (Å²) in [4.78, 5) is 3.76. The third-order valence-electron chi connectivity index (χ3n) is 3.16. The first-order chi connectivity index (χ1) is 10.1. The maximum absolute atomic E-state index is 9.99. The number of aromatic hydroxyl groups is 1. The molecule has 1 N–H and O–H groups in total. The lowest BCUT2D eigenvalue weighted by atomic mass is 10.1. The molecule has 0 amide bonds. The molecule has 0 heterocycles. The highest BCUT2D eigenvalue weighted by Crippen LogP contribution is 2.41. The lowest BCUT2D eigenvalue weighted by molar-refractivity contribution is 0.462. The second kappa shape index (κ2) is 7.48. The third kappa shape index (κ3) is 4.48. The van der Waals surface area contributed by atoms with Crippen LogP contribution in [0.15, 0.2) is 59.5 Å². The summed E-state index contributed by atoms with van der Waals surface area (Å²) < 4.78 is 0. The van der Waals surface area contributed by atoms with Crippen LogP contribution in [0.25, 0.3) is 0 Å². The fraction of sp³-hybridized carbons (Fsp3) is 0.235. The van der Waals surface area contributed by atoms with Crippen LogP contribution in [0.1, 0.15) is 17.2 Å². The molecule has 0 fully saturated rings. The standard InChI is InChI=1S/C17H19NOS2/c1-18(2)17(20)12-16(13-8-4-3-5-9-13)21-15-11-7-6-10-14(15)19/h3-11,16,19H,12H2,1-2H3/t16-/m1/s1. The minimum absolute atomic E-state index is 0.189. The van der Waals surface area contributed by atoms with Gasteiger partial charge < -0.3 is 10.0 Å². The van der Waals surface area contributed by atoms with Crippen molar-refractivity contribution in [2.45, 2.75) is 16.6 Å². The minimum atomic E-state index is 0.189. The third-order valence-corrected chi connectivity index (χ3v) is 5.02. The molecular weight excluding hydrogens is 298 g/mol. The van der Waals surface area contributed by atoms with Gasteiger partial charge in [-0.05, 0) is 17.7 Å². The van der Waals surface area contributed by atoms with Gasteiger partial charge in [0.05, 0.1) is 4.99 Å². The zero-order valence-electron chi connectivity index (χ0n) is 12.2. The molecule has 0 aliphatic carbocycles. The Morgan fingerprint density at radius 1 is 1.10 bits per heavy atom. The number of hydrogen-bond acceptors (Lipinski definition) is 3. The number of para-hydroxylation sites is 1. The lowest BCUT2D eigenvalue weighted by Crippen LogP contribution is -2.21. The average Bonchev–Trinajstić information content (AvgIpc) is 2.49. The van der Waals surface area contributed by atoms with Crippen molar-refractivity contribution in [3.05, 3.63) is 60.2 Å². The van der Waals surface area contributed by atoms with Crippen LogP contribution in [-0.2, 0) is 0 Å². The van der Waals surface area contributed by atoms with Gasteiger partial charge in [-0.15, -0.1) is 11.8 Å². The number of phenols is 1. The quantitative estimate of drug-likeness (QED) is 0.648. The number of thioether (sulfide) groups is 1. The zero-order valence-corrected chi connectivity index (χ0v) is 13.8. The van der Waals surface area contributed by atoms with E-state index in [0.29, 0.717) is 5.75 Å². The van der Waals surface area contributed by atoms with Crippen LogP contribution in [0.3, 0.4) is 0 Å². The molecule has 0 aromatic heterocycles. The van der Waals surface area contributed by atoms with Gasteiger partial charge in [0.15, 0.2) is 0 Å². The van der Waals surface area contributed by atoms with Gasteiger partial charge in [0.1, 0.15) is 5.75 Å². The second-order valence-corrected chi connectivity index (χ2v) is 6.69. The van der Waals surface area contributed by atoms with Gasteiger partial charge in [0.2, 0.25) is 0 Å². The predicted molar refractivity (Wildman–Crippen MR) is 94.0 cm³/mol. The van der Waals surface area contributed by atoms with Crippen molar-refractivity contribution in [2.24, 2.45) is 0 Å². The first-order valence-electron chi connectivity index (χ1n) is 6.77. The van der Waals surface area contributed by atoms with Crippen molar-refractivity contribution >= 4 is 29.0 Å². The predicted octanol–water partition coefficient (Wildman–Crippen LogP) is 4.50. The van der Waals surface area contributed by atoms with Gasteiger partial charge in [-0.3, -0.25) is 0 Å². The van der Waals surface area contributed by atoms with E-state index < -0.39 is 0 Å². The molecule has 1 atom stereocenters. The summed E-state index contributed by atoms with van der Waals surface area (Å²) in [7, 11) is 3.93. The molecule has 0 radical (unpaired) electrons. The Morgan fingerprint density at radius 2 is 1.71 bits per heavy atom. The van der Waals surface area contributed by atoms with E-state index in [-0.39, 0.29) is 5.25 Å². The summed E-state index contributed by atoms with van der Waals surface area (Å²) in [5.74, 6) is 0.319. The Hall–Kier alpha value is -1.52. The minimum Gasteiger partial charge on any atom is -0.507 e. The molecule has 0 bridgehead atoms. The lowest BCUT2D eigenvalue weighted by Gasteiger charge is -2.21. The van der Waals surface area contributed by atoms with Crippen molar-refractivity contribution in [2.75, 3.05) is 14.1 Å². The van der Waals surface area contributed by atoms with Gasteiger partial charge in [-0.1, -0.05) is 54.7 Å². The maximum Gasteiger partial charge on any atom is 0.129 e. The molecule has 0 aliphatic heterocycles. The van der Waals surface area contributed by atoms with Crippen LogP contribution < -0.4 is 0 Å². The van der Waals surface area contributed by atoms with Crippen LogP contribution in [0.5, 0.6) is 5.75 Å². The molecular formula is C17H19NOS2. The Bertz CT molecular complexity index is 599. The molecule has 0 unspecified atom stereocenters. The van der Waals surface area contributed by atoms with Crippen LogP contribution in [0.4, 0.5) is 0 Å². The maximum atomic E-state index is 9.99. The summed E-state index contributed by atoms with van der Waals surface area (Å²) >= 11 is 7.10. The van der Waals surface area contributed by atoms with Gasteiger partial charge >= 0.3 is 0 Å². The summed E-state index contributed by atoms with van der Waals surface area (Å²) in [6.07, 6.45) is 0.769. The van der Waals surface area contributed by atoms with E-state index in [2.05, 4.69) is 12.1 Å². The first kappa shape index (κ1) is 15.9. The molecule has 0 aliphatic rings. The molecule has 110 valence electrons. The van der Waals surface area contributed by atoms with Crippen molar-refractivity contribution in [1.82, 2.24) is 4.90 Å². The molecule has 2 aromatic rings. The van der Waals surface area contributed by atoms with E-state index in [1.165, 1.54) is 5.56 Å². The molecule has 4 heteroatoms. The van der Waals surface area contributed by atoms with Gasteiger partial charge in [-0.2, -0.15) is 0 Å². The van der Waals surface area contributed by atoms with Crippen LogP contribution in [0, 0.1) is 0 Å². The van der Waals surface area contributed by atoms with E-state index in [1.54, 1.807) is 17.8 Å². The summed E-state index contributed by atoms with van der Waals surface area (Å²) in [5.41, 5.74) is 1.22. The first-order valence-corrected chi connectivity index (χ1v) is 8.06. The van der Waals surface area contributed by atoms with E-state index >= 15 is 0 Å². The van der Waals surface area contributed by atoms with Crippen molar-refractivity contribution in [1.29, 1.82) is 0 Å². The average molecular weight is 317 g/mol. The normalized spacial score (nSPS) is 11.9. The van der Waals surface area contributed by atoms with Gasteiger partial charge in [0, 0.05) is 30.7 Å². The van der Waals surface area contributed by atoms with Crippen LogP contribution >= 0.6 is 24.0 Å². The van der Waals surface area contributed by atoms with Gasteiger partial charge in [0.25, 0.3) is 0 Å². The SMILES string of the molecule is CN(C)C(=S)C[C@@H](Sc1ccccc1O)c1ccccc1. The van der Waals surface area contributed by atoms with E-state index in [9.17, 15) is 5.11 Å². The Balaban J connectivity index is 2.24. The highest BCUT2D eigenvalue weighted by molar-refractivity contribution is 7.99. The summed E-state index contributed by atoms with van der Waals surface area (Å²) in [6.45, 7) is 0. The molecule has 21 heavy (non-hydrogen) atoms. The number of benzene rings is 2. The molecule has 2 aromatic carbocycles. The monoisotopic (exact) mass is 317 g/mol. The number of nitrogens with zero attached hydrogens (tertiary/aromatic N) is 1. The highest BCUT2D eigenvalue weighted by atomic mass is 32.2. The Morgan fingerprint density at radius 3 is 2.33 bits per heavy atom. The number of hydrogen-bond donors (Lipinski definition) is 1. The Kier molecular flexibility index (Phi) is 5.65. The van der Waals surface area contributed by atoms with Crippen LogP contribution in [-0.4, -0.2) is 29.1 Å². The van der Waals surface area contributed by atoms with Crippen LogP contribution in [0.2, 0.25) is 0 Å². The fourth-order valence-electron chi connectivity index (χ4n) is 1.95. The number of thiocarbonyl (C=S) groups is 1. The van der Waals surface area contributed by atoms with E-state index in [0.717, 1.165) is 16.3 Å². The number of rotatable bonds is 5.